The number of carbonyl (C=O) groups excluding carboxylic acids is 1. The average Bonchev–Trinajstić information content (AvgIpc) is 2.95. The maximum atomic E-state index is 10.8. The van der Waals surface area contributed by atoms with Gasteiger partial charge in [-0.1, -0.05) is 0 Å². The molecule has 0 radical (unpaired) electrons. The SMILES string of the molecule is CCN(C=CC(=O)OC)CC1CC1. The molecule has 13 heavy (non-hydrogen) atoms. The molecule has 3 nitrogen and oxygen atoms in total. The first-order valence-electron chi connectivity index (χ1n) is 4.76. The van der Waals surface area contributed by atoms with E-state index in [2.05, 4.69) is 16.6 Å². The van der Waals surface area contributed by atoms with Gasteiger partial charge in [-0.3, -0.25) is 0 Å². The van der Waals surface area contributed by atoms with Crippen LogP contribution in [0.3, 0.4) is 0 Å². The lowest BCUT2D eigenvalue weighted by molar-refractivity contribution is -0.134. The van der Waals surface area contributed by atoms with Crippen LogP contribution in [0.25, 0.3) is 0 Å². The molecule has 0 aromatic carbocycles. The van der Waals surface area contributed by atoms with Crippen molar-refractivity contribution < 1.29 is 9.53 Å². The average molecular weight is 183 g/mol. The van der Waals surface area contributed by atoms with Gasteiger partial charge in [-0.2, -0.15) is 0 Å². The van der Waals surface area contributed by atoms with Crippen LogP contribution >= 0.6 is 0 Å². The highest BCUT2D eigenvalue weighted by Crippen LogP contribution is 2.29. The first-order chi connectivity index (χ1) is 6.26. The Hall–Kier alpha value is -0.990. The van der Waals surface area contributed by atoms with Gasteiger partial charge < -0.3 is 9.64 Å². The van der Waals surface area contributed by atoms with E-state index in [9.17, 15) is 4.79 Å². The number of methoxy groups -OCH3 is 1. The second kappa shape index (κ2) is 4.90. The van der Waals surface area contributed by atoms with Crippen LogP contribution in [0.2, 0.25) is 0 Å². The van der Waals surface area contributed by atoms with Crippen molar-refractivity contribution in [2.45, 2.75) is 19.8 Å². The molecule has 1 saturated carbocycles. The molecule has 0 aromatic rings. The molecule has 0 aliphatic heterocycles. The number of esters is 1. The summed E-state index contributed by atoms with van der Waals surface area (Å²) in [6, 6.07) is 0. The van der Waals surface area contributed by atoms with E-state index in [1.807, 2.05) is 6.20 Å². The van der Waals surface area contributed by atoms with Crippen LogP contribution in [0, 0.1) is 5.92 Å². The van der Waals surface area contributed by atoms with Crippen LogP contribution < -0.4 is 0 Å². The van der Waals surface area contributed by atoms with E-state index >= 15 is 0 Å². The Balaban J connectivity index is 2.28. The van der Waals surface area contributed by atoms with E-state index in [-0.39, 0.29) is 5.97 Å². The minimum Gasteiger partial charge on any atom is -0.466 e. The van der Waals surface area contributed by atoms with Crippen molar-refractivity contribution in [3.8, 4) is 0 Å². The van der Waals surface area contributed by atoms with Gasteiger partial charge in [0.2, 0.25) is 0 Å². The van der Waals surface area contributed by atoms with E-state index in [0.717, 1.165) is 19.0 Å². The number of nitrogens with zero attached hydrogens (tertiary/aromatic N) is 1. The molecular weight excluding hydrogens is 166 g/mol. The molecule has 1 fully saturated rings. The summed E-state index contributed by atoms with van der Waals surface area (Å²) in [6.45, 7) is 4.11. The Morgan fingerprint density at radius 3 is 2.77 bits per heavy atom. The number of carbonyl (C=O) groups is 1. The number of rotatable bonds is 5. The van der Waals surface area contributed by atoms with Crippen molar-refractivity contribution in [3.63, 3.8) is 0 Å². The highest BCUT2D eigenvalue weighted by atomic mass is 16.5. The lowest BCUT2D eigenvalue weighted by Gasteiger charge is -2.16. The largest absolute Gasteiger partial charge is 0.466 e. The predicted octanol–water partition coefficient (Wildman–Crippen LogP) is 1.41. The van der Waals surface area contributed by atoms with E-state index in [1.165, 1.54) is 26.0 Å². The summed E-state index contributed by atoms with van der Waals surface area (Å²) in [5.74, 6) is 0.566. The fourth-order valence-corrected chi connectivity index (χ4v) is 1.16. The summed E-state index contributed by atoms with van der Waals surface area (Å²) in [4.78, 5) is 12.9. The molecule has 74 valence electrons. The van der Waals surface area contributed by atoms with Crippen LogP contribution in [0.15, 0.2) is 12.3 Å². The highest BCUT2D eigenvalue weighted by Gasteiger charge is 2.22. The smallest absolute Gasteiger partial charge is 0.331 e. The Labute approximate surface area is 79.4 Å². The van der Waals surface area contributed by atoms with Gasteiger partial charge in [0.05, 0.1) is 7.11 Å². The zero-order valence-electron chi connectivity index (χ0n) is 8.32. The third-order valence-corrected chi connectivity index (χ3v) is 2.22. The summed E-state index contributed by atoms with van der Waals surface area (Å²) < 4.78 is 4.51. The molecule has 0 unspecified atom stereocenters. The third kappa shape index (κ3) is 3.97. The van der Waals surface area contributed by atoms with E-state index in [1.54, 1.807) is 0 Å². The van der Waals surface area contributed by atoms with Crippen LogP contribution in [0.4, 0.5) is 0 Å². The molecule has 1 aliphatic carbocycles. The predicted molar refractivity (Wildman–Crippen MR) is 51.1 cm³/mol. The van der Waals surface area contributed by atoms with Crippen molar-refractivity contribution in [1.29, 1.82) is 0 Å². The normalized spacial score (nSPS) is 16.2. The lowest BCUT2D eigenvalue weighted by atomic mass is 10.4. The van der Waals surface area contributed by atoms with E-state index < -0.39 is 0 Å². The van der Waals surface area contributed by atoms with Crippen LogP contribution in [-0.4, -0.2) is 31.1 Å². The first-order valence-corrected chi connectivity index (χ1v) is 4.76. The maximum absolute atomic E-state index is 10.8. The van der Waals surface area contributed by atoms with Crippen LogP contribution in [-0.2, 0) is 9.53 Å². The van der Waals surface area contributed by atoms with Crippen molar-refractivity contribution in [2.75, 3.05) is 20.2 Å². The molecule has 0 N–H and O–H groups in total. The van der Waals surface area contributed by atoms with Gasteiger partial charge in [0, 0.05) is 25.4 Å². The zero-order valence-corrected chi connectivity index (χ0v) is 8.32. The van der Waals surface area contributed by atoms with Crippen molar-refractivity contribution in [1.82, 2.24) is 4.90 Å². The fourth-order valence-electron chi connectivity index (χ4n) is 1.16. The Kier molecular flexibility index (Phi) is 3.80. The van der Waals surface area contributed by atoms with E-state index in [4.69, 9.17) is 0 Å². The molecular formula is C10H17NO2. The lowest BCUT2D eigenvalue weighted by Crippen LogP contribution is -2.19. The summed E-state index contributed by atoms with van der Waals surface area (Å²) in [5.41, 5.74) is 0. The Morgan fingerprint density at radius 2 is 2.31 bits per heavy atom. The minimum atomic E-state index is -0.283. The third-order valence-electron chi connectivity index (χ3n) is 2.22. The summed E-state index contributed by atoms with van der Waals surface area (Å²) in [6.07, 6.45) is 5.97. The van der Waals surface area contributed by atoms with Gasteiger partial charge in [0.25, 0.3) is 0 Å². The zero-order chi connectivity index (χ0) is 9.68. The van der Waals surface area contributed by atoms with Gasteiger partial charge >= 0.3 is 5.97 Å². The topological polar surface area (TPSA) is 29.5 Å². The minimum absolute atomic E-state index is 0.283. The second-order valence-corrected chi connectivity index (χ2v) is 3.37. The molecule has 1 rings (SSSR count). The quantitative estimate of drug-likeness (QED) is 0.476. The van der Waals surface area contributed by atoms with Gasteiger partial charge in [-0.05, 0) is 25.7 Å². The maximum Gasteiger partial charge on any atom is 0.331 e. The van der Waals surface area contributed by atoms with Gasteiger partial charge in [-0.25, -0.2) is 4.79 Å². The standard InChI is InChI=1S/C10H17NO2/c1-3-11(8-9-4-5-9)7-6-10(12)13-2/h6-7,9H,3-5,8H2,1-2H3. The Bertz CT molecular complexity index is 197. The molecule has 1 aliphatic rings. The van der Waals surface area contributed by atoms with Gasteiger partial charge in [0.1, 0.15) is 0 Å². The van der Waals surface area contributed by atoms with Crippen LogP contribution in [0.1, 0.15) is 19.8 Å². The second-order valence-electron chi connectivity index (χ2n) is 3.37. The summed E-state index contributed by atoms with van der Waals surface area (Å²) in [5, 5.41) is 0. The number of hydrogen-bond donors (Lipinski definition) is 0. The van der Waals surface area contributed by atoms with Crippen molar-refractivity contribution in [3.05, 3.63) is 12.3 Å². The molecule has 0 amide bonds. The molecule has 0 heterocycles. The van der Waals surface area contributed by atoms with Gasteiger partial charge in [0.15, 0.2) is 0 Å². The highest BCUT2D eigenvalue weighted by molar-refractivity contribution is 5.81. The molecule has 0 spiro atoms. The van der Waals surface area contributed by atoms with E-state index in [0.29, 0.717) is 0 Å². The van der Waals surface area contributed by atoms with Gasteiger partial charge in [-0.15, -0.1) is 0 Å². The summed E-state index contributed by atoms with van der Waals surface area (Å²) in [7, 11) is 1.39. The van der Waals surface area contributed by atoms with Crippen molar-refractivity contribution in [2.24, 2.45) is 5.92 Å². The summed E-state index contributed by atoms with van der Waals surface area (Å²) >= 11 is 0. The fraction of sp³-hybridized carbons (Fsp3) is 0.700. The Morgan fingerprint density at radius 1 is 1.62 bits per heavy atom. The molecule has 0 atom stereocenters. The number of hydrogen-bond acceptors (Lipinski definition) is 3. The van der Waals surface area contributed by atoms with Crippen molar-refractivity contribution >= 4 is 5.97 Å². The monoisotopic (exact) mass is 183 g/mol. The van der Waals surface area contributed by atoms with Crippen LogP contribution in [0.5, 0.6) is 0 Å². The molecule has 0 saturated heterocycles. The molecule has 0 aromatic heterocycles. The first kappa shape index (κ1) is 10.1. The molecule has 0 bridgehead atoms. The molecule has 3 heteroatoms. The number of ether oxygens (including phenoxy) is 1.